The molecule has 1 amide bonds. The molecule has 1 N–H and O–H groups in total. The maximum Gasteiger partial charge on any atom is 0.237 e. The molecule has 2 unspecified atom stereocenters. The van der Waals surface area contributed by atoms with Crippen LogP contribution in [0.5, 0.6) is 0 Å². The molecule has 0 aliphatic carbocycles. The largest absolute Gasteiger partial charge is 0.354 e. The summed E-state index contributed by atoms with van der Waals surface area (Å²) >= 11 is 0. The van der Waals surface area contributed by atoms with Crippen LogP contribution in [0, 0.1) is 5.92 Å². The molecule has 1 aromatic carbocycles. The number of likely N-dealkylation sites (tertiary alicyclic amines) is 1. The molecule has 0 spiro atoms. The van der Waals surface area contributed by atoms with Gasteiger partial charge in [-0.3, -0.25) is 9.69 Å². The van der Waals surface area contributed by atoms with Crippen molar-refractivity contribution in [3.05, 3.63) is 35.9 Å². The molecule has 3 heteroatoms. The third kappa shape index (κ3) is 4.81. The highest BCUT2D eigenvalue weighted by Gasteiger charge is 2.30. The molecule has 0 radical (unpaired) electrons. The molecule has 1 fully saturated rings. The Labute approximate surface area is 141 Å². The summed E-state index contributed by atoms with van der Waals surface area (Å²) in [5.41, 5.74) is 1.31. The highest BCUT2D eigenvalue weighted by Crippen LogP contribution is 2.24. The van der Waals surface area contributed by atoms with Gasteiger partial charge in [0.2, 0.25) is 5.91 Å². The van der Waals surface area contributed by atoms with Crippen LogP contribution in [-0.4, -0.2) is 36.0 Å². The van der Waals surface area contributed by atoms with Gasteiger partial charge in [-0.25, -0.2) is 0 Å². The highest BCUT2D eigenvalue weighted by atomic mass is 16.2. The lowest BCUT2D eigenvalue weighted by Gasteiger charge is -2.37. The Kier molecular flexibility index (Phi) is 6.64. The van der Waals surface area contributed by atoms with Gasteiger partial charge in [0.25, 0.3) is 0 Å². The fraction of sp³-hybridized carbons (Fsp3) is 0.650. The molecule has 23 heavy (non-hydrogen) atoms. The summed E-state index contributed by atoms with van der Waals surface area (Å²) < 4.78 is 0. The molecule has 1 saturated heterocycles. The van der Waals surface area contributed by atoms with Gasteiger partial charge in [-0.2, -0.15) is 0 Å². The van der Waals surface area contributed by atoms with Gasteiger partial charge in [0.05, 0.1) is 6.04 Å². The predicted molar refractivity (Wildman–Crippen MR) is 96.5 cm³/mol. The predicted octanol–water partition coefficient (Wildman–Crippen LogP) is 3.81. The van der Waals surface area contributed by atoms with E-state index < -0.39 is 0 Å². The summed E-state index contributed by atoms with van der Waals surface area (Å²) in [6.45, 7) is 10.6. The average molecular weight is 316 g/mol. The summed E-state index contributed by atoms with van der Waals surface area (Å²) in [4.78, 5) is 15.1. The van der Waals surface area contributed by atoms with Gasteiger partial charge < -0.3 is 5.32 Å². The van der Waals surface area contributed by atoms with Crippen LogP contribution in [0.2, 0.25) is 0 Å². The number of piperidine rings is 1. The first kappa shape index (κ1) is 18.0. The minimum Gasteiger partial charge on any atom is -0.354 e. The van der Waals surface area contributed by atoms with Crippen molar-refractivity contribution >= 4 is 5.91 Å². The second-order valence-electron chi connectivity index (χ2n) is 7.35. The first-order valence-corrected chi connectivity index (χ1v) is 9.09. The average Bonchev–Trinajstić information content (AvgIpc) is 2.55. The number of amides is 1. The van der Waals surface area contributed by atoms with E-state index in [0.29, 0.717) is 17.9 Å². The van der Waals surface area contributed by atoms with Crippen LogP contribution in [0.15, 0.2) is 30.3 Å². The Morgan fingerprint density at radius 2 is 1.87 bits per heavy atom. The van der Waals surface area contributed by atoms with Gasteiger partial charge >= 0.3 is 0 Å². The molecule has 2 atom stereocenters. The Morgan fingerprint density at radius 3 is 2.48 bits per heavy atom. The number of rotatable bonds is 6. The van der Waals surface area contributed by atoms with Crippen molar-refractivity contribution in [3.63, 3.8) is 0 Å². The lowest BCUT2D eigenvalue weighted by molar-refractivity contribution is -0.128. The molecule has 1 aliphatic rings. The minimum atomic E-state index is 0.0485. The normalized spacial score (nSPS) is 20.7. The molecule has 1 aliphatic heterocycles. The van der Waals surface area contributed by atoms with Gasteiger partial charge in [0.15, 0.2) is 0 Å². The van der Waals surface area contributed by atoms with Gasteiger partial charge in [0, 0.05) is 18.5 Å². The van der Waals surface area contributed by atoms with E-state index in [-0.39, 0.29) is 11.9 Å². The van der Waals surface area contributed by atoms with Crippen molar-refractivity contribution in [1.82, 2.24) is 10.2 Å². The molecule has 0 aromatic heterocycles. The second-order valence-corrected chi connectivity index (χ2v) is 7.35. The molecule has 128 valence electrons. The first-order valence-electron chi connectivity index (χ1n) is 9.09. The standard InChI is InChI=1S/C20H32N2O/c1-15(2)18(17-10-6-5-7-11-17)14-21-20(23)19-12-8-9-13-22(19)16(3)4/h5-7,10-11,15-16,18-19H,8-9,12-14H2,1-4H3,(H,21,23). The number of hydrogen-bond donors (Lipinski definition) is 1. The molecule has 1 heterocycles. The first-order chi connectivity index (χ1) is 11.0. The van der Waals surface area contributed by atoms with Gasteiger partial charge in [-0.15, -0.1) is 0 Å². The van der Waals surface area contributed by atoms with Crippen LogP contribution in [0.1, 0.15) is 58.4 Å². The van der Waals surface area contributed by atoms with Crippen molar-refractivity contribution in [2.45, 2.75) is 65.0 Å². The fourth-order valence-corrected chi connectivity index (χ4v) is 3.62. The maximum absolute atomic E-state index is 12.7. The second kappa shape index (κ2) is 8.49. The summed E-state index contributed by atoms with van der Waals surface area (Å²) in [6.07, 6.45) is 3.36. The zero-order chi connectivity index (χ0) is 16.8. The van der Waals surface area contributed by atoms with E-state index in [9.17, 15) is 4.79 Å². The number of carbonyl (C=O) groups excluding carboxylic acids is 1. The summed E-state index contributed by atoms with van der Waals surface area (Å²) in [5, 5.41) is 3.24. The highest BCUT2D eigenvalue weighted by molar-refractivity contribution is 5.81. The number of carbonyl (C=O) groups is 1. The van der Waals surface area contributed by atoms with Crippen LogP contribution in [0.3, 0.4) is 0 Å². The number of hydrogen-bond acceptors (Lipinski definition) is 2. The van der Waals surface area contributed by atoms with E-state index in [2.05, 4.69) is 62.2 Å². The molecular formula is C20H32N2O. The van der Waals surface area contributed by atoms with Gasteiger partial charge in [0.1, 0.15) is 0 Å². The Balaban J connectivity index is 1.98. The minimum absolute atomic E-state index is 0.0485. The maximum atomic E-state index is 12.7. The fourth-order valence-electron chi connectivity index (χ4n) is 3.62. The monoisotopic (exact) mass is 316 g/mol. The molecular weight excluding hydrogens is 284 g/mol. The zero-order valence-corrected chi connectivity index (χ0v) is 15.1. The van der Waals surface area contributed by atoms with Crippen molar-refractivity contribution in [3.8, 4) is 0 Å². The van der Waals surface area contributed by atoms with Crippen LogP contribution < -0.4 is 5.32 Å². The van der Waals surface area contributed by atoms with Crippen LogP contribution in [0.4, 0.5) is 0 Å². The van der Waals surface area contributed by atoms with Crippen LogP contribution >= 0.6 is 0 Å². The van der Waals surface area contributed by atoms with Crippen molar-refractivity contribution in [2.75, 3.05) is 13.1 Å². The van der Waals surface area contributed by atoms with E-state index >= 15 is 0 Å². The quantitative estimate of drug-likeness (QED) is 0.865. The van der Waals surface area contributed by atoms with E-state index in [1.165, 1.54) is 12.0 Å². The number of nitrogens with one attached hydrogen (secondary N) is 1. The zero-order valence-electron chi connectivity index (χ0n) is 15.1. The molecule has 0 saturated carbocycles. The van der Waals surface area contributed by atoms with E-state index in [1.54, 1.807) is 0 Å². The molecule has 2 rings (SSSR count). The lowest BCUT2D eigenvalue weighted by atomic mass is 9.88. The van der Waals surface area contributed by atoms with E-state index in [4.69, 9.17) is 0 Å². The van der Waals surface area contributed by atoms with Gasteiger partial charge in [-0.1, -0.05) is 50.6 Å². The third-order valence-corrected chi connectivity index (χ3v) is 5.04. The van der Waals surface area contributed by atoms with Crippen LogP contribution in [-0.2, 0) is 4.79 Å². The number of nitrogens with zero attached hydrogens (tertiary/aromatic N) is 1. The van der Waals surface area contributed by atoms with Crippen molar-refractivity contribution < 1.29 is 4.79 Å². The van der Waals surface area contributed by atoms with E-state index in [1.807, 2.05) is 6.07 Å². The van der Waals surface area contributed by atoms with Crippen molar-refractivity contribution in [1.29, 1.82) is 0 Å². The van der Waals surface area contributed by atoms with Crippen LogP contribution in [0.25, 0.3) is 0 Å². The Bertz CT molecular complexity index is 484. The number of benzene rings is 1. The Morgan fingerprint density at radius 1 is 1.17 bits per heavy atom. The summed E-state index contributed by atoms with van der Waals surface area (Å²) in [7, 11) is 0. The summed E-state index contributed by atoms with van der Waals surface area (Å²) in [6, 6.07) is 11.0. The smallest absolute Gasteiger partial charge is 0.237 e. The third-order valence-electron chi connectivity index (χ3n) is 5.04. The Hall–Kier alpha value is -1.35. The van der Waals surface area contributed by atoms with Gasteiger partial charge in [-0.05, 0) is 44.7 Å². The van der Waals surface area contributed by atoms with E-state index in [0.717, 1.165) is 25.9 Å². The molecule has 1 aromatic rings. The molecule has 3 nitrogen and oxygen atoms in total. The van der Waals surface area contributed by atoms with Crippen molar-refractivity contribution in [2.24, 2.45) is 5.92 Å². The SMILES string of the molecule is CC(C)C(CNC(=O)C1CCCCN1C(C)C)c1ccccc1. The topological polar surface area (TPSA) is 32.3 Å². The summed E-state index contributed by atoms with van der Waals surface area (Å²) in [5.74, 6) is 1.08. The lowest BCUT2D eigenvalue weighted by Crippen LogP contribution is -2.52. The molecule has 0 bridgehead atoms.